The maximum Gasteiger partial charge on any atom is 0.306 e. The van der Waals surface area contributed by atoms with Gasteiger partial charge in [-0.05, 0) is 64.2 Å². The Morgan fingerprint density at radius 2 is 0.761 bits per heavy atom. The van der Waals surface area contributed by atoms with Crippen LogP contribution in [0.3, 0.4) is 0 Å². The number of unbranched alkanes of at least 4 members (excludes halogenated alkanes) is 34. The number of ether oxygens (including phenoxy) is 4. The van der Waals surface area contributed by atoms with Gasteiger partial charge in [0.25, 0.3) is 0 Å². The number of carbonyl (C=O) groups excluding carboxylic acids is 3. The van der Waals surface area contributed by atoms with Gasteiger partial charge in [-0.1, -0.05) is 218 Å². The highest BCUT2D eigenvalue weighted by Gasteiger charge is 2.22. The molecule has 0 aromatic heterocycles. The number of rotatable bonds is 53. The minimum absolute atomic E-state index is 0.149. The molecule has 0 aromatic rings. The summed E-state index contributed by atoms with van der Waals surface area (Å²) in [5.74, 6) is -2.27. The van der Waals surface area contributed by atoms with Crippen molar-refractivity contribution in [1.82, 2.24) is 0 Å². The number of carboxylic acids is 1. The molecule has 67 heavy (non-hydrogen) atoms. The van der Waals surface area contributed by atoms with Crippen molar-refractivity contribution in [3.8, 4) is 0 Å². The Hall–Kier alpha value is -2.23. The molecule has 0 heterocycles. The molecule has 0 spiro atoms. The lowest BCUT2D eigenvalue weighted by Gasteiger charge is -2.26. The Kier molecular flexibility index (Phi) is 48.5. The minimum Gasteiger partial charge on any atom is -0.545 e. The van der Waals surface area contributed by atoms with E-state index in [1.165, 1.54) is 199 Å². The number of carboxylic acid groups (broad SMARTS) is 1. The van der Waals surface area contributed by atoms with Gasteiger partial charge < -0.3 is 33.3 Å². The second kappa shape index (κ2) is 50.2. The molecule has 0 rings (SSSR count). The van der Waals surface area contributed by atoms with Crippen molar-refractivity contribution < 1.29 is 42.9 Å². The van der Waals surface area contributed by atoms with Gasteiger partial charge in [0.15, 0.2) is 12.4 Å². The third-order valence-electron chi connectivity index (χ3n) is 12.7. The van der Waals surface area contributed by atoms with Crippen LogP contribution >= 0.6 is 0 Å². The molecule has 9 nitrogen and oxygen atoms in total. The molecule has 394 valence electrons. The fraction of sp³-hybridized carbons (Fsp3) is 0.879. The molecule has 0 aromatic carbocycles. The zero-order valence-electron chi connectivity index (χ0n) is 44.8. The summed E-state index contributed by atoms with van der Waals surface area (Å²) in [4.78, 5) is 37.3. The Balaban J connectivity index is 4.25. The van der Waals surface area contributed by atoms with Gasteiger partial charge in [-0.25, -0.2) is 0 Å². The SMILES string of the molecule is CCCCCCCCCC/C=C\CCCCCCCCCCCC(=O)OCC(COC(OCC[N+](C)(C)C)C(=O)[O-])OC(=O)CCCCCCCCCCC/C=C\CCCCCCCCCC. The van der Waals surface area contributed by atoms with E-state index in [4.69, 9.17) is 18.9 Å². The first kappa shape index (κ1) is 64.8. The Labute approximate surface area is 414 Å². The molecule has 0 aliphatic carbocycles. The standard InChI is InChI=1S/C58H109NO8/c1-6-8-10-12-14-16-18-20-22-24-26-28-30-32-34-36-38-40-42-44-46-48-55(60)65-52-54(53-66-58(57(62)63)64-51-50-59(3,4)5)67-56(61)49-47-45-43-41-39-37-35-33-31-29-27-25-23-21-19-17-15-13-11-9-7-2/h24-27,54,58H,6-23,28-53H2,1-5H3/b26-24-,27-25-. The average molecular weight is 949 g/mol. The van der Waals surface area contributed by atoms with E-state index in [9.17, 15) is 19.5 Å². The van der Waals surface area contributed by atoms with Crippen molar-refractivity contribution in [3.63, 3.8) is 0 Å². The smallest absolute Gasteiger partial charge is 0.306 e. The van der Waals surface area contributed by atoms with Crippen LogP contribution < -0.4 is 5.11 Å². The summed E-state index contributed by atoms with van der Waals surface area (Å²) in [6, 6.07) is 0. The van der Waals surface area contributed by atoms with Gasteiger partial charge in [0.05, 0.1) is 40.3 Å². The zero-order valence-corrected chi connectivity index (χ0v) is 44.8. The largest absolute Gasteiger partial charge is 0.545 e. The van der Waals surface area contributed by atoms with Crippen LogP contribution in [-0.4, -0.2) is 82.3 Å². The highest BCUT2D eigenvalue weighted by atomic mass is 16.7. The van der Waals surface area contributed by atoms with E-state index >= 15 is 0 Å². The summed E-state index contributed by atoms with van der Waals surface area (Å²) < 4.78 is 22.7. The summed E-state index contributed by atoms with van der Waals surface area (Å²) in [5, 5.41) is 11.8. The molecule has 0 fully saturated rings. The van der Waals surface area contributed by atoms with Gasteiger partial charge in [-0.15, -0.1) is 0 Å². The van der Waals surface area contributed by atoms with Crippen molar-refractivity contribution in [3.05, 3.63) is 24.3 Å². The maximum atomic E-state index is 12.8. The summed E-state index contributed by atoms with van der Waals surface area (Å²) in [6.07, 6.45) is 55.0. The second-order valence-electron chi connectivity index (χ2n) is 20.6. The van der Waals surface area contributed by atoms with Crippen molar-refractivity contribution in [1.29, 1.82) is 0 Å². The predicted molar refractivity (Wildman–Crippen MR) is 279 cm³/mol. The first-order valence-corrected chi connectivity index (χ1v) is 28.5. The molecule has 9 heteroatoms. The molecule has 0 N–H and O–H groups in total. The molecular formula is C58H109NO8. The quantitative estimate of drug-likeness (QED) is 0.0195. The van der Waals surface area contributed by atoms with Gasteiger partial charge in [0.1, 0.15) is 13.2 Å². The number of hydrogen-bond donors (Lipinski definition) is 0. The molecule has 0 amide bonds. The fourth-order valence-corrected chi connectivity index (χ4v) is 8.23. The van der Waals surface area contributed by atoms with E-state index < -0.39 is 24.3 Å². The molecule has 2 unspecified atom stereocenters. The summed E-state index contributed by atoms with van der Waals surface area (Å²) >= 11 is 0. The molecule has 0 bridgehead atoms. The van der Waals surface area contributed by atoms with Crippen molar-refractivity contribution in [2.24, 2.45) is 0 Å². The van der Waals surface area contributed by atoms with Crippen LogP contribution in [0.2, 0.25) is 0 Å². The maximum absolute atomic E-state index is 12.8. The van der Waals surface area contributed by atoms with Crippen LogP contribution in [0.5, 0.6) is 0 Å². The highest BCUT2D eigenvalue weighted by Crippen LogP contribution is 2.16. The van der Waals surface area contributed by atoms with E-state index in [-0.39, 0.29) is 32.2 Å². The zero-order chi connectivity index (χ0) is 49.2. The van der Waals surface area contributed by atoms with E-state index in [0.717, 1.165) is 38.5 Å². The fourth-order valence-electron chi connectivity index (χ4n) is 8.23. The number of carbonyl (C=O) groups is 3. The molecule has 0 aliphatic rings. The van der Waals surface area contributed by atoms with Crippen LogP contribution in [0, 0.1) is 0 Å². The monoisotopic (exact) mass is 948 g/mol. The van der Waals surface area contributed by atoms with Gasteiger partial charge in [0, 0.05) is 12.8 Å². The number of allylic oxidation sites excluding steroid dienone is 4. The number of esters is 2. The first-order valence-electron chi connectivity index (χ1n) is 28.5. The van der Waals surface area contributed by atoms with Crippen molar-refractivity contribution in [2.75, 3.05) is 47.5 Å². The topological polar surface area (TPSA) is 111 Å². The summed E-state index contributed by atoms with van der Waals surface area (Å²) in [6.45, 7) is 4.78. The predicted octanol–water partition coefficient (Wildman–Crippen LogP) is 15.0. The van der Waals surface area contributed by atoms with Crippen LogP contribution in [0.1, 0.15) is 271 Å². The van der Waals surface area contributed by atoms with E-state index in [2.05, 4.69) is 38.2 Å². The summed E-state index contributed by atoms with van der Waals surface area (Å²) in [5.41, 5.74) is 0. The average Bonchev–Trinajstić information content (AvgIpc) is 3.29. The van der Waals surface area contributed by atoms with Crippen LogP contribution in [0.4, 0.5) is 0 Å². The third kappa shape index (κ3) is 51.4. The third-order valence-corrected chi connectivity index (χ3v) is 12.7. The molecule has 0 aliphatic heterocycles. The van der Waals surface area contributed by atoms with Crippen molar-refractivity contribution >= 4 is 17.9 Å². The molecular weight excluding hydrogens is 839 g/mol. The molecule has 0 saturated carbocycles. The summed E-state index contributed by atoms with van der Waals surface area (Å²) in [7, 11) is 5.93. The van der Waals surface area contributed by atoms with E-state index in [1.807, 2.05) is 21.1 Å². The van der Waals surface area contributed by atoms with Crippen LogP contribution in [0.25, 0.3) is 0 Å². The first-order chi connectivity index (χ1) is 32.6. The lowest BCUT2D eigenvalue weighted by atomic mass is 10.1. The van der Waals surface area contributed by atoms with Gasteiger partial charge in [-0.3, -0.25) is 9.59 Å². The molecule has 2 atom stereocenters. The Morgan fingerprint density at radius 1 is 0.433 bits per heavy atom. The highest BCUT2D eigenvalue weighted by molar-refractivity contribution is 5.70. The number of quaternary nitrogens is 1. The second-order valence-corrected chi connectivity index (χ2v) is 20.6. The van der Waals surface area contributed by atoms with E-state index in [0.29, 0.717) is 23.9 Å². The van der Waals surface area contributed by atoms with Gasteiger partial charge in [0.2, 0.25) is 0 Å². The number of likely N-dealkylation sites (N-methyl/N-ethyl adjacent to an activating group) is 1. The number of hydrogen-bond acceptors (Lipinski definition) is 8. The number of aliphatic carboxylic acids is 1. The van der Waals surface area contributed by atoms with Gasteiger partial charge >= 0.3 is 11.9 Å². The molecule has 0 saturated heterocycles. The Morgan fingerprint density at radius 3 is 1.10 bits per heavy atom. The number of nitrogens with zero attached hydrogens (tertiary/aromatic N) is 1. The Bertz CT molecular complexity index is 1150. The molecule has 0 radical (unpaired) electrons. The van der Waals surface area contributed by atoms with Crippen molar-refractivity contribution in [2.45, 2.75) is 283 Å². The lowest BCUT2D eigenvalue weighted by Crippen LogP contribution is -2.44. The van der Waals surface area contributed by atoms with Crippen LogP contribution in [-0.2, 0) is 33.3 Å². The lowest BCUT2D eigenvalue weighted by molar-refractivity contribution is -0.870. The van der Waals surface area contributed by atoms with E-state index in [1.54, 1.807) is 0 Å². The minimum atomic E-state index is -1.62. The van der Waals surface area contributed by atoms with Gasteiger partial charge in [-0.2, -0.15) is 0 Å². The normalized spacial score (nSPS) is 12.9. The van der Waals surface area contributed by atoms with Crippen LogP contribution in [0.15, 0.2) is 24.3 Å².